The Hall–Kier alpha value is -1.13. The van der Waals surface area contributed by atoms with Crippen LogP contribution in [0.25, 0.3) is 11.3 Å². The first-order valence-corrected chi connectivity index (χ1v) is 8.03. The van der Waals surface area contributed by atoms with Crippen molar-refractivity contribution in [1.82, 2.24) is 4.98 Å². The second-order valence-corrected chi connectivity index (χ2v) is 6.85. The van der Waals surface area contributed by atoms with Crippen LogP contribution in [-0.2, 0) is 6.42 Å². The number of rotatable bonds is 4. The topological polar surface area (TPSA) is 41.8 Å². The minimum absolute atomic E-state index is 0.481. The zero-order valence-electron chi connectivity index (χ0n) is 11.4. The molecule has 1 aliphatic carbocycles. The Bertz CT molecular complexity index is 671. The molecule has 1 fully saturated rings. The summed E-state index contributed by atoms with van der Waals surface area (Å²) in [5.74, 6) is 0.805. The van der Waals surface area contributed by atoms with Crippen LogP contribution in [-0.4, -0.2) is 9.97 Å². The van der Waals surface area contributed by atoms with Gasteiger partial charge in [-0.2, -0.15) is 0 Å². The Morgan fingerprint density at radius 2 is 2.15 bits per heavy atom. The Balaban J connectivity index is 2.00. The number of hydrogen-bond acceptors (Lipinski definition) is 1. The Kier molecular flexibility index (Phi) is 3.69. The third kappa shape index (κ3) is 2.81. The molecule has 0 aliphatic heterocycles. The van der Waals surface area contributed by atoms with Gasteiger partial charge in [0.15, 0.2) is 0 Å². The fourth-order valence-corrected chi connectivity index (χ4v) is 2.97. The third-order valence-corrected chi connectivity index (χ3v) is 4.91. The lowest BCUT2D eigenvalue weighted by Gasteiger charge is -2.02. The summed E-state index contributed by atoms with van der Waals surface area (Å²) in [5, 5.41) is 0. The van der Waals surface area contributed by atoms with Crippen LogP contribution in [0.3, 0.4) is 0 Å². The van der Waals surface area contributed by atoms with Crippen molar-refractivity contribution in [3.63, 3.8) is 0 Å². The molecule has 1 saturated carbocycles. The first-order chi connectivity index (χ1) is 9.54. The van der Waals surface area contributed by atoms with Gasteiger partial charge in [0.1, 0.15) is 4.99 Å². The van der Waals surface area contributed by atoms with Crippen molar-refractivity contribution in [2.24, 2.45) is 11.7 Å². The molecule has 2 aromatic rings. The molecule has 3 N–H and O–H groups in total. The molecule has 0 radical (unpaired) electrons. The molecule has 0 saturated heterocycles. The van der Waals surface area contributed by atoms with Gasteiger partial charge in [0.2, 0.25) is 0 Å². The highest BCUT2D eigenvalue weighted by Crippen LogP contribution is 2.35. The molecule has 0 bridgehead atoms. The SMILES string of the molecule is Cc1ccc(-c2cc(C(N)=S)c(CC3CC3)[nH]2)cc1Br. The van der Waals surface area contributed by atoms with E-state index in [-0.39, 0.29) is 0 Å². The first-order valence-electron chi connectivity index (χ1n) is 6.83. The van der Waals surface area contributed by atoms with E-state index in [1.54, 1.807) is 0 Å². The van der Waals surface area contributed by atoms with E-state index in [4.69, 9.17) is 18.0 Å². The molecule has 1 aliphatic rings. The molecule has 1 aromatic carbocycles. The number of nitrogens with one attached hydrogen (secondary N) is 1. The summed E-state index contributed by atoms with van der Waals surface area (Å²) in [4.78, 5) is 3.99. The van der Waals surface area contributed by atoms with Crippen molar-refractivity contribution in [1.29, 1.82) is 0 Å². The number of nitrogens with two attached hydrogens (primary N) is 1. The molecular weight excluding hydrogens is 332 g/mol. The summed E-state index contributed by atoms with van der Waals surface area (Å²) < 4.78 is 1.12. The number of aromatic amines is 1. The van der Waals surface area contributed by atoms with E-state index in [1.807, 2.05) is 0 Å². The van der Waals surface area contributed by atoms with Crippen LogP contribution < -0.4 is 5.73 Å². The molecule has 3 rings (SSSR count). The third-order valence-electron chi connectivity index (χ3n) is 3.84. The molecule has 20 heavy (non-hydrogen) atoms. The monoisotopic (exact) mass is 348 g/mol. The molecule has 0 atom stereocenters. The van der Waals surface area contributed by atoms with E-state index < -0.39 is 0 Å². The number of hydrogen-bond donors (Lipinski definition) is 2. The summed E-state index contributed by atoms with van der Waals surface area (Å²) >= 11 is 8.76. The number of benzene rings is 1. The quantitative estimate of drug-likeness (QED) is 0.807. The van der Waals surface area contributed by atoms with Crippen molar-refractivity contribution in [2.45, 2.75) is 26.2 Å². The van der Waals surface area contributed by atoms with Crippen LogP contribution in [0.4, 0.5) is 0 Å². The molecule has 0 unspecified atom stereocenters. The van der Waals surface area contributed by atoms with Crippen molar-refractivity contribution < 1.29 is 0 Å². The van der Waals surface area contributed by atoms with E-state index in [1.165, 1.54) is 24.1 Å². The summed E-state index contributed by atoms with van der Waals surface area (Å²) in [7, 11) is 0. The van der Waals surface area contributed by atoms with E-state index in [9.17, 15) is 0 Å². The first kappa shape index (κ1) is 13.8. The predicted octanol–water partition coefficient (Wildman–Crippen LogP) is 4.34. The number of thiocarbonyl (C=S) groups is 1. The van der Waals surface area contributed by atoms with Gasteiger partial charge in [0.25, 0.3) is 0 Å². The highest BCUT2D eigenvalue weighted by molar-refractivity contribution is 9.10. The summed E-state index contributed by atoms with van der Waals surface area (Å²) in [6, 6.07) is 8.44. The van der Waals surface area contributed by atoms with E-state index in [2.05, 4.69) is 52.1 Å². The smallest absolute Gasteiger partial charge is 0.105 e. The van der Waals surface area contributed by atoms with Gasteiger partial charge in [-0.15, -0.1) is 0 Å². The van der Waals surface area contributed by atoms with E-state index in [0.717, 1.165) is 33.6 Å². The fraction of sp³-hybridized carbons (Fsp3) is 0.312. The summed E-state index contributed by atoms with van der Waals surface area (Å²) in [6.07, 6.45) is 3.70. The maximum absolute atomic E-state index is 5.86. The fourth-order valence-electron chi connectivity index (χ4n) is 2.40. The minimum Gasteiger partial charge on any atom is -0.389 e. The highest BCUT2D eigenvalue weighted by atomic mass is 79.9. The van der Waals surface area contributed by atoms with Gasteiger partial charge in [-0.1, -0.05) is 40.3 Å². The maximum atomic E-state index is 5.86. The standard InChI is InChI=1S/C16H17BrN2S/c1-9-2-5-11(7-13(9)17)14-8-12(16(18)20)15(19-14)6-10-3-4-10/h2,5,7-8,10,19H,3-4,6H2,1H3,(H2,18,20). The number of halogens is 1. The lowest BCUT2D eigenvalue weighted by molar-refractivity contribution is 0.810. The lowest BCUT2D eigenvalue weighted by Crippen LogP contribution is -2.11. The van der Waals surface area contributed by atoms with E-state index in [0.29, 0.717) is 4.99 Å². The summed E-state index contributed by atoms with van der Waals surface area (Å²) in [5.41, 5.74) is 11.5. The molecule has 1 heterocycles. The zero-order valence-corrected chi connectivity index (χ0v) is 13.8. The molecule has 0 amide bonds. The van der Waals surface area contributed by atoms with Crippen molar-refractivity contribution >= 4 is 33.1 Å². The predicted molar refractivity (Wildman–Crippen MR) is 91.0 cm³/mol. The van der Waals surface area contributed by atoms with Crippen LogP contribution in [0.15, 0.2) is 28.7 Å². The van der Waals surface area contributed by atoms with Gasteiger partial charge in [0.05, 0.1) is 0 Å². The maximum Gasteiger partial charge on any atom is 0.105 e. The molecule has 1 aromatic heterocycles. The highest BCUT2D eigenvalue weighted by Gasteiger charge is 2.24. The lowest BCUT2D eigenvalue weighted by atomic mass is 10.1. The normalized spacial score (nSPS) is 14.5. The van der Waals surface area contributed by atoms with Crippen LogP contribution >= 0.6 is 28.1 Å². The van der Waals surface area contributed by atoms with E-state index >= 15 is 0 Å². The number of aryl methyl sites for hydroxylation is 1. The average Bonchev–Trinajstić information content (AvgIpc) is 3.10. The van der Waals surface area contributed by atoms with Crippen LogP contribution in [0.5, 0.6) is 0 Å². The van der Waals surface area contributed by atoms with Gasteiger partial charge in [-0.25, -0.2) is 0 Å². The van der Waals surface area contributed by atoms with Crippen molar-refractivity contribution in [3.8, 4) is 11.3 Å². The number of H-pyrrole nitrogens is 1. The van der Waals surface area contributed by atoms with Crippen LogP contribution in [0.2, 0.25) is 0 Å². The molecule has 4 heteroatoms. The van der Waals surface area contributed by atoms with Crippen molar-refractivity contribution in [3.05, 3.63) is 45.6 Å². The Morgan fingerprint density at radius 3 is 2.75 bits per heavy atom. The van der Waals surface area contributed by atoms with Crippen LogP contribution in [0.1, 0.15) is 29.7 Å². The largest absolute Gasteiger partial charge is 0.389 e. The second kappa shape index (κ2) is 5.34. The second-order valence-electron chi connectivity index (χ2n) is 5.55. The molecular formula is C16H17BrN2S. The summed E-state index contributed by atoms with van der Waals surface area (Å²) in [6.45, 7) is 2.08. The van der Waals surface area contributed by atoms with Gasteiger partial charge in [-0.3, -0.25) is 0 Å². The van der Waals surface area contributed by atoms with Crippen LogP contribution in [0, 0.1) is 12.8 Å². The average molecular weight is 349 g/mol. The molecule has 0 spiro atoms. The Morgan fingerprint density at radius 1 is 1.40 bits per heavy atom. The number of aromatic nitrogens is 1. The van der Waals surface area contributed by atoms with Gasteiger partial charge >= 0.3 is 0 Å². The minimum atomic E-state index is 0.481. The van der Waals surface area contributed by atoms with Crippen molar-refractivity contribution in [2.75, 3.05) is 0 Å². The zero-order chi connectivity index (χ0) is 14.3. The van der Waals surface area contributed by atoms with Gasteiger partial charge in [0, 0.05) is 21.4 Å². The molecule has 104 valence electrons. The Labute approximate surface area is 132 Å². The van der Waals surface area contributed by atoms with Gasteiger partial charge in [-0.05, 0) is 55.4 Å². The van der Waals surface area contributed by atoms with Gasteiger partial charge < -0.3 is 10.7 Å². The molecule has 2 nitrogen and oxygen atoms in total.